The largest absolute Gasteiger partial charge is 0.455 e. The zero-order valence-corrected chi connectivity index (χ0v) is 23.9. The molecule has 9 rings (SSSR count). The first-order chi connectivity index (χ1) is 21.8. The van der Waals surface area contributed by atoms with E-state index < -0.39 is 0 Å². The first kappa shape index (κ1) is 24.7. The average molecular weight is 562 g/mol. The van der Waals surface area contributed by atoms with Crippen molar-refractivity contribution in [3.05, 3.63) is 164 Å². The van der Waals surface area contributed by atoms with Gasteiger partial charge in [-0.15, -0.1) is 0 Å². The second-order valence-corrected chi connectivity index (χ2v) is 11.4. The maximum absolute atomic E-state index is 6.46. The summed E-state index contributed by atoms with van der Waals surface area (Å²) in [5, 5.41) is 9.49. The molecule has 8 aromatic carbocycles. The summed E-state index contributed by atoms with van der Waals surface area (Å²) in [7, 11) is 0. The Morgan fingerprint density at radius 2 is 1.00 bits per heavy atom. The van der Waals surface area contributed by atoms with E-state index in [0.717, 1.165) is 44.4 Å². The van der Waals surface area contributed by atoms with E-state index in [4.69, 9.17) is 4.42 Å². The van der Waals surface area contributed by atoms with Crippen LogP contribution in [0.25, 0.3) is 65.4 Å². The van der Waals surface area contributed by atoms with E-state index in [1.165, 1.54) is 38.1 Å². The van der Waals surface area contributed by atoms with Gasteiger partial charge in [0.05, 0.1) is 5.69 Å². The molecule has 2 nitrogen and oxygen atoms in total. The van der Waals surface area contributed by atoms with Crippen LogP contribution in [0.15, 0.2) is 168 Å². The van der Waals surface area contributed by atoms with Crippen molar-refractivity contribution in [1.82, 2.24) is 0 Å². The van der Waals surface area contributed by atoms with Gasteiger partial charge in [0.15, 0.2) is 0 Å². The normalized spacial score (nSPS) is 11.6. The minimum atomic E-state index is 0.893. The van der Waals surface area contributed by atoms with Gasteiger partial charge in [-0.05, 0) is 75.1 Å². The third-order valence-electron chi connectivity index (χ3n) is 8.84. The molecule has 206 valence electrons. The highest BCUT2D eigenvalue weighted by Crippen LogP contribution is 2.43. The van der Waals surface area contributed by atoms with Gasteiger partial charge >= 0.3 is 0 Å². The first-order valence-corrected chi connectivity index (χ1v) is 15.0. The van der Waals surface area contributed by atoms with Crippen LogP contribution < -0.4 is 4.90 Å². The standard InChI is InChI=1S/C42H27NO/c1-4-14-34-28(9-1)12-7-17-35(34)31-19-22-32(23-20-31)43(40-18-8-13-29-10-2-5-15-36(29)40)33-24-26-41-39(27-33)38-25-21-30-11-3-6-16-37(30)42(38)44-41/h1-27H. The molecular weight excluding hydrogens is 534 g/mol. The number of rotatable bonds is 4. The molecule has 0 aliphatic rings. The summed E-state index contributed by atoms with van der Waals surface area (Å²) in [6, 6.07) is 58.6. The Morgan fingerprint density at radius 1 is 0.386 bits per heavy atom. The predicted octanol–water partition coefficient (Wildman–Crippen LogP) is 12.2. The van der Waals surface area contributed by atoms with E-state index in [0.29, 0.717) is 0 Å². The molecule has 0 saturated carbocycles. The number of fused-ring (bicyclic) bond motifs is 7. The molecule has 1 heterocycles. The fourth-order valence-corrected chi connectivity index (χ4v) is 6.73. The lowest BCUT2D eigenvalue weighted by Gasteiger charge is -2.27. The molecule has 0 aliphatic heterocycles. The Balaban J connectivity index is 1.25. The SMILES string of the molecule is c1ccc2c(-c3ccc(N(c4ccc5oc6c7ccccc7ccc6c5c4)c4cccc5ccccc45)cc3)cccc2c1. The van der Waals surface area contributed by atoms with Gasteiger partial charge in [0.2, 0.25) is 0 Å². The summed E-state index contributed by atoms with van der Waals surface area (Å²) in [4.78, 5) is 2.37. The third-order valence-corrected chi connectivity index (χ3v) is 8.84. The van der Waals surface area contributed by atoms with Gasteiger partial charge in [-0.1, -0.05) is 121 Å². The molecule has 0 spiro atoms. The van der Waals surface area contributed by atoms with Crippen LogP contribution in [-0.4, -0.2) is 0 Å². The molecule has 0 unspecified atom stereocenters. The van der Waals surface area contributed by atoms with Crippen molar-refractivity contribution in [2.24, 2.45) is 0 Å². The first-order valence-electron chi connectivity index (χ1n) is 15.0. The van der Waals surface area contributed by atoms with Gasteiger partial charge in [0, 0.05) is 32.9 Å². The number of nitrogens with zero attached hydrogens (tertiary/aromatic N) is 1. The highest BCUT2D eigenvalue weighted by Gasteiger charge is 2.18. The van der Waals surface area contributed by atoms with Gasteiger partial charge in [-0.2, -0.15) is 0 Å². The lowest BCUT2D eigenvalue weighted by atomic mass is 9.98. The van der Waals surface area contributed by atoms with Gasteiger partial charge < -0.3 is 9.32 Å². The van der Waals surface area contributed by atoms with Crippen molar-refractivity contribution in [1.29, 1.82) is 0 Å². The van der Waals surface area contributed by atoms with Crippen LogP contribution in [0, 0.1) is 0 Å². The van der Waals surface area contributed by atoms with E-state index in [1.807, 2.05) is 0 Å². The number of benzene rings is 8. The van der Waals surface area contributed by atoms with E-state index >= 15 is 0 Å². The Kier molecular flexibility index (Phi) is 5.54. The molecule has 0 aliphatic carbocycles. The average Bonchev–Trinajstić information content (AvgIpc) is 3.47. The zero-order chi connectivity index (χ0) is 29.0. The van der Waals surface area contributed by atoms with Crippen molar-refractivity contribution >= 4 is 71.3 Å². The molecule has 1 aromatic heterocycles. The van der Waals surface area contributed by atoms with Crippen LogP contribution in [0.5, 0.6) is 0 Å². The van der Waals surface area contributed by atoms with Crippen molar-refractivity contribution in [3.8, 4) is 11.1 Å². The molecule has 9 aromatic rings. The molecule has 0 bridgehead atoms. The third kappa shape index (κ3) is 3.89. The molecule has 0 saturated heterocycles. The molecule has 0 amide bonds. The maximum Gasteiger partial charge on any atom is 0.143 e. The lowest BCUT2D eigenvalue weighted by Crippen LogP contribution is -2.10. The van der Waals surface area contributed by atoms with E-state index in [2.05, 4.69) is 169 Å². The van der Waals surface area contributed by atoms with Crippen LogP contribution in [0.2, 0.25) is 0 Å². The van der Waals surface area contributed by atoms with E-state index in [1.54, 1.807) is 0 Å². The minimum absolute atomic E-state index is 0.893. The van der Waals surface area contributed by atoms with Crippen LogP contribution in [0.3, 0.4) is 0 Å². The molecular formula is C42H27NO. The molecule has 44 heavy (non-hydrogen) atoms. The highest BCUT2D eigenvalue weighted by atomic mass is 16.3. The highest BCUT2D eigenvalue weighted by molar-refractivity contribution is 6.16. The Hall–Kier alpha value is -5.86. The Bertz CT molecular complexity index is 2490. The van der Waals surface area contributed by atoms with Crippen molar-refractivity contribution in [2.45, 2.75) is 0 Å². The zero-order valence-electron chi connectivity index (χ0n) is 23.9. The van der Waals surface area contributed by atoms with Crippen LogP contribution in [0.4, 0.5) is 17.1 Å². The summed E-state index contributed by atoms with van der Waals surface area (Å²) < 4.78 is 6.46. The second kappa shape index (κ2) is 9.86. The number of furan rings is 1. The monoisotopic (exact) mass is 561 g/mol. The maximum atomic E-state index is 6.46. The van der Waals surface area contributed by atoms with E-state index in [9.17, 15) is 0 Å². The summed E-state index contributed by atoms with van der Waals surface area (Å²) in [5.41, 5.74) is 7.59. The van der Waals surface area contributed by atoms with Crippen LogP contribution in [-0.2, 0) is 0 Å². The predicted molar refractivity (Wildman–Crippen MR) is 186 cm³/mol. The molecule has 0 atom stereocenters. The topological polar surface area (TPSA) is 16.4 Å². The van der Waals surface area contributed by atoms with Crippen molar-refractivity contribution in [3.63, 3.8) is 0 Å². The van der Waals surface area contributed by atoms with Crippen molar-refractivity contribution in [2.75, 3.05) is 4.90 Å². The number of anilines is 3. The lowest BCUT2D eigenvalue weighted by molar-refractivity contribution is 0.672. The van der Waals surface area contributed by atoms with E-state index in [-0.39, 0.29) is 0 Å². The fraction of sp³-hybridized carbons (Fsp3) is 0. The molecule has 0 radical (unpaired) electrons. The summed E-state index contributed by atoms with van der Waals surface area (Å²) in [5.74, 6) is 0. The number of hydrogen-bond acceptors (Lipinski definition) is 2. The van der Waals surface area contributed by atoms with Gasteiger partial charge in [0.1, 0.15) is 11.2 Å². The molecule has 2 heteroatoms. The molecule has 0 N–H and O–H groups in total. The quantitative estimate of drug-likeness (QED) is 0.212. The summed E-state index contributed by atoms with van der Waals surface area (Å²) in [6.45, 7) is 0. The van der Waals surface area contributed by atoms with Gasteiger partial charge in [-0.25, -0.2) is 0 Å². The Labute approximate surface area is 255 Å². The van der Waals surface area contributed by atoms with Gasteiger partial charge in [0.25, 0.3) is 0 Å². The minimum Gasteiger partial charge on any atom is -0.455 e. The van der Waals surface area contributed by atoms with Crippen molar-refractivity contribution < 1.29 is 4.42 Å². The smallest absolute Gasteiger partial charge is 0.143 e. The summed E-state index contributed by atoms with van der Waals surface area (Å²) >= 11 is 0. The summed E-state index contributed by atoms with van der Waals surface area (Å²) in [6.07, 6.45) is 0. The second-order valence-electron chi connectivity index (χ2n) is 11.4. The molecule has 0 fully saturated rings. The number of hydrogen-bond donors (Lipinski definition) is 0. The Morgan fingerprint density at radius 3 is 1.80 bits per heavy atom. The van der Waals surface area contributed by atoms with Gasteiger partial charge in [-0.3, -0.25) is 0 Å². The fourth-order valence-electron chi connectivity index (χ4n) is 6.73. The van der Waals surface area contributed by atoms with Crippen LogP contribution >= 0.6 is 0 Å². The van der Waals surface area contributed by atoms with Crippen LogP contribution in [0.1, 0.15) is 0 Å².